The molecular formula is C17H20N2O6. The lowest BCUT2D eigenvalue weighted by Gasteiger charge is -2.29. The van der Waals surface area contributed by atoms with E-state index < -0.39 is 18.6 Å². The number of nitrogens with zero attached hydrogens (tertiary/aromatic N) is 1. The van der Waals surface area contributed by atoms with Gasteiger partial charge in [0, 0.05) is 19.2 Å². The van der Waals surface area contributed by atoms with E-state index in [1.54, 1.807) is 29.2 Å². The molecule has 25 heavy (non-hydrogen) atoms. The zero-order valence-corrected chi connectivity index (χ0v) is 13.6. The van der Waals surface area contributed by atoms with Crippen LogP contribution in [0.15, 0.2) is 24.3 Å². The molecule has 2 heterocycles. The van der Waals surface area contributed by atoms with Gasteiger partial charge < -0.3 is 29.5 Å². The van der Waals surface area contributed by atoms with Gasteiger partial charge in [-0.1, -0.05) is 6.07 Å². The summed E-state index contributed by atoms with van der Waals surface area (Å²) in [6.45, 7) is 1.56. The number of hydrogen-bond donors (Lipinski definition) is 2. The van der Waals surface area contributed by atoms with E-state index in [1.807, 2.05) is 0 Å². The number of nitrogens with one attached hydrogen (secondary N) is 1. The Bertz CT molecular complexity index is 669. The van der Waals surface area contributed by atoms with Crippen molar-refractivity contribution in [2.75, 3.05) is 39.7 Å². The summed E-state index contributed by atoms with van der Waals surface area (Å²) in [5.74, 6) is 0.519. The molecule has 1 aromatic carbocycles. The minimum atomic E-state index is -0.966. The van der Waals surface area contributed by atoms with Crippen molar-refractivity contribution < 1.29 is 28.9 Å². The van der Waals surface area contributed by atoms with Crippen molar-refractivity contribution in [1.82, 2.24) is 10.2 Å². The van der Waals surface area contributed by atoms with Gasteiger partial charge >= 0.3 is 0 Å². The standard InChI is InChI=1S/C17H20N2O6/c20-10-13(17(22)19-5-7-23-8-6-19)18-16(21)4-2-12-1-3-14-15(9-12)25-11-24-14/h1-4,9,13,20H,5-8,10-11H2,(H,18,21)/t13-/m0/s1. The second kappa shape index (κ2) is 8.00. The molecule has 1 atom stereocenters. The Kier molecular flexibility index (Phi) is 5.52. The number of fused-ring (bicyclic) bond motifs is 1. The Morgan fingerprint density at radius 1 is 1.24 bits per heavy atom. The third kappa shape index (κ3) is 4.28. The summed E-state index contributed by atoms with van der Waals surface area (Å²) < 4.78 is 15.7. The van der Waals surface area contributed by atoms with Crippen LogP contribution in [0.2, 0.25) is 0 Å². The average molecular weight is 348 g/mol. The van der Waals surface area contributed by atoms with Crippen molar-refractivity contribution >= 4 is 17.9 Å². The van der Waals surface area contributed by atoms with Crippen molar-refractivity contribution in [3.05, 3.63) is 29.8 Å². The molecule has 0 radical (unpaired) electrons. The Morgan fingerprint density at radius 2 is 2.00 bits per heavy atom. The first-order chi connectivity index (χ1) is 12.2. The minimum Gasteiger partial charge on any atom is -0.454 e. The molecule has 1 aromatic rings. The first-order valence-electron chi connectivity index (χ1n) is 8.03. The maximum Gasteiger partial charge on any atom is 0.247 e. The number of aliphatic hydroxyl groups excluding tert-OH is 1. The van der Waals surface area contributed by atoms with E-state index in [2.05, 4.69) is 5.32 Å². The fourth-order valence-corrected chi connectivity index (χ4v) is 2.60. The average Bonchev–Trinajstić information content (AvgIpc) is 3.12. The zero-order chi connectivity index (χ0) is 17.6. The zero-order valence-electron chi connectivity index (χ0n) is 13.6. The Hall–Kier alpha value is -2.58. The summed E-state index contributed by atoms with van der Waals surface area (Å²) in [6.07, 6.45) is 2.91. The summed E-state index contributed by atoms with van der Waals surface area (Å²) in [4.78, 5) is 25.9. The fourth-order valence-electron chi connectivity index (χ4n) is 2.60. The van der Waals surface area contributed by atoms with Crippen LogP contribution in [0.4, 0.5) is 0 Å². The molecule has 2 N–H and O–H groups in total. The molecular weight excluding hydrogens is 328 g/mol. The van der Waals surface area contributed by atoms with Crippen molar-refractivity contribution in [3.63, 3.8) is 0 Å². The Balaban J connectivity index is 1.57. The van der Waals surface area contributed by atoms with E-state index in [9.17, 15) is 14.7 Å². The normalized spacial score (nSPS) is 17.6. The first-order valence-corrected chi connectivity index (χ1v) is 8.03. The number of amides is 2. The quantitative estimate of drug-likeness (QED) is 0.713. The number of rotatable bonds is 5. The van der Waals surface area contributed by atoms with Crippen LogP contribution >= 0.6 is 0 Å². The van der Waals surface area contributed by atoms with Gasteiger partial charge in [-0.15, -0.1) is 0 Å². The number of benzene rings is 1. The van der Waals surface area contributed by atoms with Crippen LogP contribution in [0, 0.1) is 0 Å². The molecule has 0 aliphatic carbocycles. The van der Waals surface area contributed by atoms with E-state index in [0.717, 1.165) is 5.56 Å². The van der Waals surface area contributed by atoms with Crippen LogP contribution < -0.4 is 14.8 Å². The summed E-state index contributed by atoms with van der Waals surface area (Å²) >= 11 is 0. The SMILES string of the molecule is O=C(C=Cc1ccc2c(c1)OCO2)N[C@@H](CO)C(=O)N1CCOCC1. The number of carbonyl (C=O) groups excluding carboxylic acids is 2. The molecule has 0 aromatic heterocycles. The van der Waals surface area contributed by atoms with E-state index >= 15 is 0 Å². The number of hydrogen-bond acceptors (Lipinski definition) is 6. The Labute approximate surface area is 145 Å². The molecule has 2 amide bonds. The van der Waals surface area contributed by atoms with Crippen molar-refractivity contribution in [2.45, 2.75) is 6.04 Å². The van der Waals surface area contributed by atoms with Gasteiger partial charge in [-0.25, -0.2) is 0 Å². The van der Waals surface area contributed by atoms with Crippen molar-refractivity contribution in [1.29, 1.82) is 0 Å². The molecule has 3 rings (SSSR count). The van der Waals surface area contributed by atoms with Crippen molar-refractivity contribution in [2.24, 2.45) is 0 Å². The molecule has 1 fully saturated rings. The highest BCUT2D eigenvalue weighted by atomic mass is 16.7. The lowest BCUT2D eigenvalue weighted by Crippen LogP contribution is -2.53. The summed E-state index contributed by atoms with van der Waals surface area (Å²) in [6, 6.07) is 4.35. The third-order valence-corrected chi connectivity index (χ3v) is 3.94. The molecule has 2 aliphatic rings. The highest BCUT2D eigenvalue weighted by molar-refractivity contribution is 5.95. The second-order valence-electron chi connectivity index (χ2n) is 5.63. The van der Waals surface area contributed by atoms with Gasteiger partial charge in [-0.2, -0.15) is 0 Å². The van der Waals surface area contributed by atoms with E-state index in [1.165, 1.54) is 6.08 Å². The van der Waals surface area contributed by atoms with Crippen LogP contribution in [0.25, 0.3) is 6.08 Å². The number of aliphatic hydroxyl groups is 1. The maximum atomic E-state index is 12.3. The van der Waals surface area contributed by atoms with Gasteiger partial charge in [0.05, 0.1) is 19.8 Å². The van der Waals surface area contributed by atoms with Crippen LogP contribution in [0.3, 0.4) is 0 Å². The van der Waals surface area contributed by atoms with E-state index in [-0.39, 0.29) is 12.7 Å². The topological polar surface area (TPSA) is 97.3 Å². The largest absolute Gasteiger partial charge is 0.454 e. The lowest BCUT2D eigenvalue weighted by molar-refractivity contribution is -0.140. The summed E-state index contributed by atoms with van der Waals surface area (Å²) in [5.41, 5.74) is 0.763. The van der Waals surface area contributed by atoms with E-state index in [4.69, 9.17) is 14.2 Å². The van der Waals surface area contributed by atoms with Gasteiger partial charge in [0.2, 0.25) is 18.6 Å². The number of morpholine rings is 1. The number of carbonyl (C=O) groups is 2. The molecule has 8 nitrogen and oxygen atoms in total. The molecule has 8 heteroatoms. The van der Waals surface area contributed by atoms with Gasteiger partial charge in [0.25, 0.3) is 0 Å². The maximum absolute atomic E-state index is 12.3. The van der Waals surface area contributed by atoms with E-state index in [0.29, 0.717) is 37.8 Å². The predicted molar refractivity (Wildman–Crippen MR) is 88.0 cm³/mol. The van der Waals surface area contributed by atoms with Crippen LogP contribution in [-0.2, 0) is 14.3 Å². The first kappa shape index (κ1) is 17.2. The number of ether oxygens (including phenoxy) is 3. The third-order valence-electron chi connectivity index (χ3n) is 3.94. The molecule has 0 saturated carbocycles. The lowest BCUT2D eigenvalue weighted by atomic mass is 10.2. The van der Waals surface area contributed by atoms with Gasteiger partial charge in [-0.3, -0.25) is 9.59 Å². The summed E-state index contributed by atoms with van der Waals surface area (Å²) in [7, 11) is 0. The molecule has 0 spiro atoms. The van der Waals surface area contributed by atoms with Gasteiger partial charge in [-0.05, 0) is 23.8 Å². The smallest absolute Gasteiger partial charge is 0.247 e. The van der Waals surface area contributed by atoms with Crippen LogP contribution in [-0.4, -0.2) is 67.6 Å². The molecule has 134 valence electrons. The highest BCUT2D eigenvalue weighted by Crippen LogP contribution is 2.32. The van der Waals surface area contributed by atoms with Crippen LogP contribution in [0.5, 0.6) is 11.5 Å². The molecule has 2 aliphatic heterocycles. The Morgan fingerprint density at radius 3 is 2.76 bits per heavy atom. The fraction of sp³-hybridized carbons (Fsp3) is 0.412. The minimum absolute atomic E-state index is 0.185. The molecule has 1 saturated heterocycles. The predicted octanol–water partition coefficient (Wildman–Crippen LogP) is -0.236. The van der Waals surface area contributed by atoms with Crippen LogP contribution in [0.1, 0.15) is 5.56 Å². The van der Waals surface area contributed by atoms with Gasteiger partial charge in [0.15, 0.2) is 11.5 Å². The molecule has 0 bridgehead atoms. The van der Waals surface area contributed by atoms with Crippen molar-refractivity contribution in [3.8, 4) is 11.5 Å². The second-order valence-corrected chi connectivity index (χ2v) is 5.63. The summed E-state index contributed by atoms with van der Waals surface area (Å²) in [5, 5.41) is 11.9. The highest BCUT2D eigenvalue weighted by Gasteiger charge is 2.26. The monoisotopic (exact) mass is 348 g/mol. The van der Waals surface area contributed by atoms with Gasteiger partial charge in [0.1, 0.15) is 6.04 Å². The molecule has 0 unspecified atom stereocenters.